The topological polar surface area (TPSA) is 60.4 Å². The number of esters is 1. The Bertz CT molecular complexity index is 464. The van der Waals surface area contributed by atoms with Gasteiger partial charge in [-0.1, -0.05) is 0 Å². The second kappa shape index (κ2) is 4.18. The molecule has 4 nitrogen and oxygen atoms in total. The summed E-state index contributed by atoms with van der Waals surface area (Å²) in [6.07, 6.45) is 0. The monoisotopic (exact) mass is 318 g/mol. The summed E-state index contributed by atoms with van der Waals surface area (Å²) in [4.78, 5) is 11.2. The molecule has 0 saturated heterocycles. The Morgan fingerprint density at radius 2 is 2.21 bits per heavy atom. The number of ether oxygens (including phenoxy) is 1. The van der Waals surface area contributed by atoms with Gasteiger partial charge >= 0.3 is 5.97 Å². The van der Waals surface area contributed by atoms with Gasteiger partial charge in [0.25, 0.3) is 9.05 Å². The number of thiophene rings is 1. The van der Waals surface area contributed by atoms with Crippen molar-refractivity contribution in [3.05, 3.63) is 15.4 Å². The van der Waals surface area contributed by atoms with Crippen molar-refractivity contribution >= 4 is 53.0 Å². The van der Waals surface area contributed by atoms with E-state index in [0.717, 1.165) is 11.3 Å². The highest BCUT2D eigenvalue weighted by Gasteiger charge is 2.21. The van der Waals surface area contributed by atoms with E-state index in [0.29, 0.717) is 0 Å². The fourth-order valence-electron chi connectivity index (χ4n) is 0.720. The Morgan fingerprint density at radius 3 is 2.57 bits per heavy atom. The van der Waals surface area contributed by atoms with Crippen LogP contribution < -0.4 is 0 Å². The summed E-state index contributed by atoms with van der Waals surface area (Å²) in [7, 11) is 2.52. The molecule has 0 saturated carbocycles. The van der Waals surface area contributed by atoms with Crippen molar-refractivity contribution in [3.63, 3.8) is 0 Å². The summed E-state index contributed by atoms with van der Waals surface area (Å²) in [6.45, 7) is 0. The minimum absolute atomic E-state index is 0.0976. The molecular formula is C6H4BrClO4S2. The zero-order valence-electron chi connectivity index (χ0n) is 6.78. The number of methoxy groups -OCH3 is 1. The summed E-state index contributed by atoms with van der Waals surface area (Å²) < 4.78 is 26.5. The Balaban J connectivity index is 3.25. The predicted octanol–water partition coefficient (Wildman–Crippen LogP) is 2.22. The third-order valence-corrected chi connectivity index (χ3v) is 5.63. The third kappa shape index (κ3) is 2.47. The van der Waals surface area contributed by atoms with Gasteiger partial charge in [-0.05, 0) is 22.0 Å². The van der Waals surface area contributed by atoms with E-state index >= 15 is 0 Å². The van der Waals surface area contributed by atoms with E-state index in [1.165, 1.54) is 13.2 Å². The van der Waals surface area contributed by atoms with Crippen LogP contribution in [0.2, 0.25) is 0 Å². The fraction of sp³-hybridized carbons (Fsp3) is 0.167. The van der Waals surface area contributed by atoms with Gasteiger partial charge in [-0.15, -0.1) is 11.3 Å². The molecule has 0 N–H and O–H groups in total. The van der Waals surface area contributed by atoms with Crippen molar-refractivity contribution in [1.82, 2.24) is 0 Å². The molecule has 0 aliphatic rings. The number of hydrogen-bond acceptors (Lipinski definition) is 5. The molecule has 0 atom stereocenters. The van der Waals surface area contributed by atoms with E-state index in [2.05, 4.69) is 20.7 Å². The maximum Gasteiger partial charge on any atom is 0.348 e. The van der Waals surface area contributed by atoms with Crippen LogP contribution in [0.25, 0.3) is 0 Å². The average Bonchev–Trinajstić information content (AvgIpc) is 2.45. The van der Waals surface area contributed by atoms with Crippen LogP contribution in [0.5, 0.6) is 0 Å². The van der Waals surface area contributed by atoms with Crippen LogP contribution in [0, 0.1) is 0 Å². The van der Waals surface area contributed by atoms with Crippen molar-refractivity contribution in [3.8, 4) is 0 Å². The van der Waals surface area contributed by atoms with Gasteiger partial charge in [0.1, 0.15) is 9.09 Å². The molecule has 78 valence electrons. The van der Waals surface area contributed by atoms with E-state index in [1.807, 2.05) is 0 Å². The summed E-state index contributed by atoms with van der Waals surface area (Å²) in [6, 6.07) is 1.35. The first-order valence-electron chi connectivity index (χ1n) is 3.18. The lowest BCUT2D eigenvalue weighted by atomic mass is 10.5. The first-order valence-corrected chi connectivity index (χ1v) is 7.10. The maximum atomic E-state index is 11.0. The van der Waals surface area contributed by atoms with Gasteiger partial charge in [0, 0.05) is 15.2 Å². The van der Waals surface area contributed by atoms with Gasteiger partial charge in [0.2, 0.25) is 0 Å². The zero-order chi connectivity index (χ0) is 10.9. The lowest BCUT2D eigenvalue weighted by molar-refractivity contribution is 0.0606. The molecule has 0 fully saturated rings. The van der Waals surface area contributed by atoms with Crippen molar-refractivity contribution in [2.24, 2.45) is 0 Å². The Kier molecular flexibility index (Phi) is 3.57. The van der Waals surface area contributed by atoms with E-state index in [4.69, 9.17) is 10.7 Å². The number of rotatable bonds is 2. The highest BCUT2D eigenvalue weighted by Crippen LogP contribution is 2.33. The zero-order valence-corrected chi connectivity index (χ0v) is 10.8. The normalized spacial score (nSPS) is 11.4. The Labute approximate surface area is 97.4 Å². The van der Waals surface area contributed by atoms with E-state index in [9.17, 15) is 13.2 Å². The Hall–Kier alpha value is -0.110. The molecule has 14 heavy (non-hydrogen) atoms. The number of hydrogen-bond donors (Lipinski definition) is 0. The van der Waals surface area contributed by atoms with Crippen LogP contribution in [0.4, 0.5) is 0 Å². The van der Waals surface area contributed by atoms with Crippen LogP contribution in [-0.4, -0.2) is 21.5 Å². The summed E-state index contributed by atoms with van der Waals surface area (Å²) in [5, 5.41) is 0. The molecule has 0 unspecified atom stereocenters. The number of carbonyl (C=O) groups excluding carboxylic acids is 1. The first-order chi connectivity index (χ1) is 6.36. The number of carbonyl (C=O) groups is 1. The predicted molar refractivity (Wildman–Crippen MR) is 56.4 cm³/mol. The molecule has 0 radical (unpaired) electrons. The minimum Gasteiger partial charge on any atom is -0.465 e. The van der Waals surface area contributed by atoms with Crippen LogP contribution in [-0.2, 0) is 13.8 Å². The molecular weight excluding hydrogens is 316 g/mol. The maximum absolute atomic E-state index is 11.0. The fourth-order valence-corrected chi connectivity index (χ4v) is 4.45. The minimum atomic E-state index is -3.82. The van der Waals surface area contributed by atoms with E-state index < -0.39 is 15.0 Å². The Morgan fingerprint density at radius 1 is 1.64 bits per heavy atom. The van der Waals surface area contributed by atoms with Crippen molar-refractivity contribution < 1.29 is 17.9 Å². The highest BCUT2D eigenvalue weighted by molar-refractivity contribution is 9.10. The van der Waals surface area contributed by atoms with Crippen molar-refractivity contribution in [2.45, 2.75) is 4.21 Å². The van der Waals surface area contributed by atoms with Gasteiger partial charge in [-0.3, -0.25) is 0 Å². The smallest absolute Gasteiger partial charge is 0.348 e. The average molecular weight is 320 g/mol. The van der Waals surface area contributed by atoms with Crippen LogP contribution in [0.3, 0.4) is 0 Å². The molecule has 8 heteroatoms. The van der Waals surface area contributed by atoms with Gasteiger partial charge in [0.15, 0.2) is 0 Å². The molecule has 1 heterocycles. The first kappa shape index (κ1) is 12.0. The standard InChI is InChI=1S/C6H4BrClO4S2/c1-12-5(9)4-2-3(7)6(13-4)14(8,10)11/h2H,1H3. The second-order valence-corrected chi connectivity index (χ2v) is 6.84. The van der Waals surface area contributed by atoms with Crippen LogP contribution >= 0.6 is 37.9 Å². The largest absolute Gasteiger partial charge is 0.465 e. The van der Waals surface area contributed by atoms with Gasteiger partial charge < -0.3 is 4.74 Å². The second-order valence-electron chi connectivity index (χ2n) is 2.18. The molecule has 0 aliphatic heterocycles. The molecule has 0 bridgehead atoms. The molecule has 0 amide bonds. The van der Waals surface area contributed by atoms with Gasteiger partial charge in [-0.2, -0.15) is 0 Å². The molecule has 1 aromatic rings. The quantitative estimate of drug-likeness (QED) is 0.619. The van der Waals surface area contributed by atoms with Crippen molar-refractivity contribution in [2.75, 3.05) is 7.11 Å². The lowest BCUT2D eigenvalue weighted by Crippen LogP contribution is -1.96. The molecule has 1 aromatic heterocycles. The summed E-state index contributed by atoms with van der Waals surface area (Å²) in [5.41, 5.74) is 0. The van der Waals surface area contributed by atoms with E-state index in [-0.39, 0.29) is 13.6 Å². The highest BCUT2D eigenvalue weighted by atomic mass is 79.9. The van der Waals surface area contributed by atoms with E-state index in [1.54, 1.807) is 0 Å². The summed E-state index contributed by atoms with van der Waals surface area (Å²) >= 11 is 3.75. The van der Waals surface area contributed by atoms with Crippen LogP contribution in [0.15, 0.2) is 14.7 Å². The SMILES string of the molecule is COC(=O)c1cc(Br)c(S(=O)(=O)Cl)s1. The van der Waals surface area contributed by atoms with Gasteiger partial charge in [-0.25, -0.2) is 13.2 Å². The molecule has 0 spiro atoms. The summed E-state index contributed by atoms with van der Waals surface area (Å²) in [5.74, 6) is -0.595. The number of halogens is 2. The molecule has 0 aromatic carbocycles. The van der Waals surface area contributed by atoms with Crippen molar-refractivity contribution in [1.29, 1.82) is 0 Å². The van der Waals surface area contributed by atoms with Crippen LogP contribution in [0.1, 0.15) is 9.67 Å². The molecule has 1 rings (SSSR count). The lowest BCUT2D eigenvalue weighted by Gasteiger charge is -1.91. The third-order valence-electron chi connectivity index (χ3n) is 1.26. The molecule has 0 aliphatic carbocycles. The van der Waals surface area contributed by atoms with Gasteiger partial charge in [0.05, 0.1) is 7.11 Å².